The summed E-state index contributed by atoms with van der Waals surface area (Å²) in [6, 6.07) is 11.0. The molecule has 7 heteroatoms. The first-order valence-corrected chi connectivity index (χ1v) is 11.7. The van der Waals surface area contributed by atoms with E-state index in [4.69, 9.17) is 0 Å². The van der Waals surface area contributed by atoms with E-state index >= 15 is 0 Å². The van der Waals surface area contributed by atoms with Gasteiger partial charge in [0.1, 0.15) is 5.82 Å². The molecule has 1 aromatic heterocycles. The number of guanidine groups is 1. The molecule has 2 rings (SSSR count). The number of hydrogen-bond donors (Lipinski definition) is 2. The van der Waals surface area contributed by atoms with Crippen LogP contribution in [-0.4, -0.2) is 46.6 Å². The minimum absolute atomic E-state index is 0.361. The summed E-state index contributed by atoms with van der Waals surface area (Å²) in [5.41, 5.74) is 1.37. The lowest BCUT2D eigenvalue weighted by molar-refractivity contribution is 0.477. The molecule has 29 heavy (non-hydrogen) atoms. The van der Waals surface area contributed by atoms with Gasteiger partial charge in [0.25, 0.3) is 0 Å². The quantitative estimate of drug-likeness (QED) is 0.253. The largest absolute Gasteiger partial charge is 0.356 e. The second-order valence-electron chi connectivity index (χ2n) is 7.78. The fraction of sp³-hybridized carbons (Fsp3) is 0.591. The van der Waals surface area contributed by atoms with Crippen LogP contribution in [0.2, 0.25) is 0 Å². The van der Waals surface area contributed by atoms with Crippen LogP contribution in [0.3, 0.4) is 0 Å². The smallest absolute Gasteiger partial charge is 0.191 e. The highest BCUT2D eigenvalue weighted by molar-refractivity contribution is 7.98. The lowest BCUT2D eigenvalue weighted by Gasteiger charge is -2.18. The molecule has 0 saturated heterocycles. The first-order chi connectivity index (χ1) is 14.0. The Hall–Kier alpha value is -2.02. The number of thioether (sulfide) groups is 1. The normalized spacial score (nSPS) is 13.0. The average Bonchev–Trinajstić information content (AvgIpc) is 3.10. The van der Waals surface area contributed by atoms with Crippen LogP contribution in [0.1, 0.15) is 45.0 Å². The van der Waals surface area contributed by atoms with Gasteiger partial charge in [-0.05, 0) is 43.9 Å². The van der Waals surface area contributed by atoms with Crippen LogP contribution in [0.4, 0.5) is 0 Å². The molecule has 0 amide bonds. The second-order valence-corrected chi connectivity index (χ2v) is 8.55. The first-order valence-electron chi connectivity index (χ1n) is 10.5. The van der Waals surface area contributed by atoms with Gasteiger partial charge in [-0.1, -0.05) is 55.9 Å². The molecule has 0 spiro atoms. The van der Waals surface area contributed by atoms with Crippen molar-refractivity contribution in [3.8, 4) is 0 Å². The second kappa shape index (κ2) is 12.5. The molecule has 0 aliphatic rings. The number of nitrogens with zero attached hydrogens (tertiary/aromatic N) is 4. The fourth-order valence-corrected chi connectivity index (χ4v) is 3.71. The Balaban J connectivity index is 1.74. The summed E-state index contributed by atoms with van der Waals surface area (Å²) < 4.78 is 2.26. The topological polar surface area (TPSA) is 67.1 Å². The number of aliphatic imine (C=N–C) groups is 1. The van der Waals surface area contributed by atoms with E-state index in [0.717, 1.165) is 55.7 Å². The van der Waals surface area contributed by atoms with Gasteiger partial charge in [-0.2, -0.15) is 0 Å². The van der Waals surface area contributed by atoms with Crippen molar-refractivity contribution in [1.82, 2.24) is 25.4 Å². The van der Waals surface area contributed by atoms with Crippen LogP contribution in [0.15, 0.2) is 40.5 Å². The van der Waals surface area contributed by atoms with E-state index in [0.29, 0.717) is 12.0 Å². The summed E-state index contributed by atoms with van der Waals surface area (Å²) in [5.74, 6) is 2.51. The van der Waals surface area contributed by atoms with Gasteiger partial charge in [-0.15, -0.1) is 10.2 Å². The van der Waals surface area contributed by atoms with Gasteiger partial charge in [0.15, 0.2) is 11.1 Å². The highest BCUT2D eigenvalue weighted by atomic mass is 32.2. The van der Waals surface area contributed by atoms with Gasteiger partial charge in [-0.25, -0.2) is 0 Å². The van der Waals surface area contributed by atoms with Crippen molar-refractivity contribution in [1.29, 1.82) is 0 Å². The Morgan fingerprint density at radius 1 is 1.14 bits per heavy atom. The van der Waals surface area contributed by atoms with E-state index in [1.54, 1.807) is 11.8 Å². The highest BCUT2D eigenvalue weighted by Gasteiger charge is 2.12. The van der Waals surface area contributed by atoms with Crippen molar-refractivity contribution >= 4 is 17.7 Å². The maximum atomic E-state index is 4.40. The molecule has 6 nitrogen and oxygen atoms in total. The van der Waals surface area contributed by atoms with Crippen LogP contribution in [-0.2, 0) is 19.4 Å². The molecule has 0 aliphatic heterocycles. The van der Waals surface area contributed by atoms with E-state index < -0.39 is 0 Å². The van der Waals surface area contributed by atoms with Crippen LogP contribution in [0.25, 0.3) is 0 Å². The third-order valence-electron chi connectivity index (χ3n) is 4.71. The molecule has 1 aromatic carbocycles. The van der Waals surface area contributed by atoms with Crippen molar-refractivity contribution in [3.05, 3.63) is 41.7 Å². The standard InChI is InChI=1S/C22H36N6S/c1-17(2)16-28-20(26-27-22(28)29-5)12-9-15-24-21(23-4)25-18(3)13-14-19-10-7-6-8-11-19/h6-8,10-11,17-18H,9,12-16H2,1-5H3,(H2,23,24,25). The maximum Gasteiger partial charge on any atom is 0.191 e. The molecule has 1 unspecified atom stereocenters. The molecular weight excluding hydrogens is 380 g/mol. The molecule has 2 N–H and O–H groups in total. The number of rotatable bonds is 11. The van der Waals surface area contributed by atoms with Crippen LogP contribution >= 0.6 is 11.8 Å². The molecule has 1 heterocycles. The molecule has 0 radical (unpaired) electrons. The predicted octanol–water partition coefficient (Wildman–Crippen LogP) is 3.77. The molecule has 0 aliphatic carbocycles. The van der Waals surface area contributed by atoms with E-state index in [2.05, 4.69) is 87.7 Å². The zero-order valence-corrected chi connectivity index (χ0v) is 19.3. The van der Waals surface area contributed by atoms with Gasteiger partial charge in [0.2, 0.25) is 0 Å². The van der Waals surface area contributed by atoms with Crippen LogP contribution in [0.5, 0.6) is 0 Å². The van der Waals surface area contributed by atoms with Crippen LogP contribution in [0, 0.1) is 5.92 Å². The zero-order chi connectivity index (χ0) is 21.1. The predicted molar refractivity (Wildman–Crippen MR) is 124 cm³/mol. The summed E-state index contributed by atoms with van der Waals surface area (Å²) in [5, 5.41) is 16.6. The van der Waals surface area contributed by atoms with Crippen LogP contribution < -0.4 is 10.6 Å². The van der Waals surface area contributed by atoms with Crippen molar-refractivity contribution in [2.45, 2.75) is 64.2 Å². The van der Waals surface area contributed by atoms with E-state index in [-0.39, 0.29) is 0 Å². The number of nitrogens with one attached hydrogen (secondary N) is 2. The van der Waals surface area contributed by atoms with Gasteiger partial charge in [0, 0.05) is 32.6 Å². The lowest BCUT2D eigenvalue weighted by Crippen LogP contribution is -2.42. The Morgan fingerprint density at radius 2 is 1.90 bits per heavy atom. The summed E-state index contributed by atoms with van der Waals surface area (Å²) >= 11 is 1.66. The van der Waals surface area contributed by atoms with E-state index in [9.17, 15) is 0 Å². The Bertz CT molecular complexity index is 741. The highest BCUT2D eigenvalue weighted by Crippen LogP contribution is 2.16. The molecule has 160 valence electrons. The number of hydrogen-bond acceptors (Lipinski definition) is 4. The molecule has 0 bridgehead atoms. The van der Waals surface area contributed by atoms with Gasteiger partial charge in [0.05, 0.1) is 0 Å². The summed E-state index contributed by atoms with van der Waals surface area (Å²) in [7, 11) is 1.82. The fourth-order valence-electron chi connectivity index (χ4n) is 3.18. The average molecular weight is 417 g/mol. The first kappa shape index (κ1) is 23.3. The minimum atomic E-state index is 0.361. The maximum absolute atomic E-state index is 4.40. The van der Waals surface area contributed by atoms with Crippen molar-refractivity contribution in [3.63, 3.8) is 0 Å². The Kier molecular flexibility index (Phi) is 10.0. The monoisotopic (exact) mass is 416 g/mol. The lowest BCUT2D eigenvalue weighted by atomic mass is 10.1. The molecule has 1 atom stereocenters. The molecule has 2 aromatic rings. The number of aryl methyl sites for hydroxylation is 2. The third-order valence-corrected chi connectivity index (χ3v) is 5.38. The Labute approximate surface area is 180 Å². The summed E-state index contributed by atoms with van der Waals surface area (Å²) in [6.07, 6.45) is 6.09. The third kappa shape index (κ3) is 8.09. The van der Waals surface area contributed by atoms with E-state index in [1.165, 1.54) is 5.56 Å². The van der Waals surface area contributed by atoms with Crippen molar-refractivity contribution in [2.24, 2.45) is 10.9 Å². The van der Waals surface area contributed by atoms with Gasteiger partial charge >= 0.3 is 0 Å². The summed E-state index contributed by atoms with van der Waals surface area (Å²) in [4.78, 5) is 4.36. The van der Waals surface area contributed by atoms with Gasteiger partial charge in [-0.3, -0.25) is 4.99 Å². The van der Waals surface area contributed by atoms with Crippen molar-refractivity contribution in [2.75, 3.05) is 19.8 Å². The SMILES string of the molecule is CN=C(NCCCc1nnc(SC)n1CC(C)C)NC(C)CCc1ccccc1. The number of aromatic nitrogens is 3. The molecular formula is C22H36N6S. The molecule has 0 fully saturated rings. The van der Waals surface area contributed by atoms with E-state index in [1.807, 2.05) is 7.05 Å². The minimum Gasteiger partial charge on any atom is -0.356 e. The number of benzene rings is 1. The molecule has 0 saturated carbocycles. The Morgan fingerprint density at radius 3 is 2.55 bits per heavy atom. The van der Waals surface area contributed by atoms with Gasteiger partial charge < -0.3 is 15.2 Å². The van der Waals surface area contributed by atoms with Crippen molar-refractivity contribution < 1.29 is 0 Å². The summed E-state index contributed by atoms with van der Waals surface area (Å²) in [6.45, 7) is 8.48. The zero-order valence-electron chi connectivity index (χ0n) is 18.5.